The summed E-state index contributed by atoms with van der Waals surface area (Å²) < 4.78 is 34.3. The van der Waals surface area contributed by atoms with E-state index in [0.717, 1.165) is 19.3 Å². The van der Waals surface area contributed by atoms with Crippen molar-refractivity contribution in [2.75, 3.05) is 25.0 Å². The van der Waals surface area contributed by atoms with Crippen molar-refractivity contribution in [2.24, 2.45) is 12.0 Å². The molecule has 1 fully saturated rings. The van der Waals surface area contributed by atoms with Crippen LogP contribution in [-0.2, 0) is 26.6 Å². The number of rotatable bonds is 5. The van der Waals surface area contributed by atoms with Gasteiger partial charge < -0.3 is 19.9 Å². The van der Waals surface area contributed by atoms with Gasteiger partial charge in [-0.05, 0) is 44.9 Å². The highest BCUT2D eigenvalue weighted by atomic mass is 32.2. The highest BCUT2D eigenvalue weighted by molar-refractivity contribution is 7.89. The van der Waals surface area contributed by atoms with Crippen molar-refractivity contribution in [1.82, 2.24) is 14.2 Å². The first kappa shape index (κ1) is 24.7. The average molecular weight is 500 g/mol. The quantitative estimate of drug-likeness (QED) is 0.610. The summed E-state index contributed by atoms with van der Waals surface area (Å²) in [6.45, 7) is 4.47. The number of amides is 1. The van der Waals surface area contributed by atoms with Gasteiger partial charge in [-0.15, -0.1) is 0 Å². The van der Waals surface area contributed by atoms with E-state index < -0.39 is 21.9 Å². The first-order valence-corrected chi connectivity index (χ1v) is 13.0. The monoisotopic (exact) mass is 499 g/mol. The zero-order valence-corrected chi connectivity index (χ0v) is 20.8. The Balaban J connectivity index is 1.68. The number of allylic oxidation sites excluding steroid dienone is 1. The second-order valence-electron chi connectivity index (χ2n) is 8.41. The van der Waals surface area contributed by atoms with Gasteiger partial charge in [-0.2, -0.15) is 4.31 Å². The zero-order chi connectivity index (χ0) is 25.2. The van der Waals surface area contributed by atoms with Crippen LogP contribution in [-0.4, -0.2) is 54.7 Å². The number of esters is 1. The molecule has 0 radical (unpaired) electrons. The van der Waals surface area contributed by atoms with Gasteiger partial charge >= 0.3 is 5.97 Å². The van der Waals surface area contributed by atoms with Gasteiger partial charge in [0, 0.05) is 32.0 Å². The predicted molar refractivity (Wildman–Crippen MR) is 132 cm³/mol. The van der Waals surface area contributed by atoms with Crippen LogP contribution in [0.15, 0.2) is 57.7 Å². The highest BCUT2D eigenvalue weighted by Gasteiger charge is 2.30. The van der Waals surface area contributed by atoms with Crippen molar-refractivity contribution in [3.8, 4) is 0 Å². The molecule has 3 heterocycles. The summed E-state index contributed by atoms with van der Waals surface area (Å²) in [5.41, 5.74) is 1.88. The minimum atomic E-state index is -3.71. The number of ether oxygens (including phenoxy) is 1. The van der Waals surface area contributed by atoms with Crippen LogP contribution in [0.1, 0.15) is 43.6 Å². The predicted octanol–water partition coefficient (Wildman–Crippen LogP) is 2.92. The summed E-state index contributed by atoms with van der Waals surface area (Å²) in [6, 6.07) is 8.54. The van der Waals surface area contributed by atoms with Gasteiger partial charge in [-0.3, -0.25) is 4.79 Å². The van der Waals surface area contributed by atoms with Gasteiger partial charge in [-0.1, -0.05) is 18.6 Å². The number of amidine groups is 1. The van der Waals surface area contributed by atoms with Crippen LogP contribution in [0.5, 0.6) is 0 Å². The van der Waals surface area contributed by atoms with Crippen LogP contribution in [0.2, 0.25) is 0 Å². The molecule has 0 atom stereocenters. The number of nitrogens with zero attached hydrogens (tertiary/aromatic N) is 3. The molecule has 10 nitrogen and oxygen atoms in total. The minimum Gasteiger partial charge on any atom is -0.462 e. The molecule has 0 saturated carbocycles. The molecule has 0 bridgehead atoms. The van der Waals surface area contributed by atoms with Crippen molar-refractivity contribution in [2.45, 2.75) is 38.0 Å². The highest BCUT2D eigenvalue weighted by Crippen LogP contribution is 2.30. The zero-order valence-electron chi connectivity index (χ0n) is 20.0. The molecular weight excluding hydrogens is 470 g/mol. The summed E-state index contributed by atoms with van der Waals surface area (Å²) in [4.78, 5) is 30.6. The molecule has 1 saturated heterocycles. The third-order valence-corrected chi connectivity index (χ3v) is 7.81. The Labute approximate surface area is 204 Å². The summed E-state index contributed by atoms with van der Waals surface area (Å²) in [6.07, 6.45) is 4.07. The van der Waals surface area contributed by atoms with Crippen LogP contribution in [0, 0.1) is 0 Å². The number of para-hydroxylation sites is 2. The van der Waals surface area contributed by atoms with Crippen molar-refractivity contribution in [3.05, 3.63) is 53.5 Å². The molecule has 0 spiro atoms. The first-order chi connectivity index (χ1) is 16.7. The lowest BCUT2D eigenvalue weighted by molar-refractivity contribution is -0.137. The third-order valence-electron chi connectivity index (χ3n) is 5.95. The summed E-state index contributed by atoms with van der Waals surface area (Å²) in [5, 5.41) is 5.85. The van der Waals surface area contributed by atoms with Crippen LogP contribution in [0.25, 0.3) is 0 Å². The van der Waals surface area contributed by atoms with Gasteiger partial charge in [0.05, 0.1) is 18.0 Å². The minimum absolute atomic E-state index is 0.0186. The van der Waals surface area contributed by atoms with E-state index in [0.29, 0.717) is 30.2 Å². The fourth-order valence-electron chi connectivity index (χ4n) is 4.17. The largest absolute Gasteiger partial charge is 0.462 e. The van der Waals surface area contributed by atoms with Crippen LogP contribution >= 0.6 is 0 Å². The van der Waals surface area contributed by atoms with Crippen LogP contribution < -0.4 is 10.6 Å². The van der Waals surface area contributed by atoms with E-state index in [1.165, 1.54) is 21.1 Å². The number of sulfonamides is 1. The Hall–Kier alpha value is -3.44. The molecule has 1 amide bonds. The van der Waals surface area contributed by atoms with E-state index in [1.807, 2.05) is 12.1 Å². The number of aryl methyl sites for hydroxylation is 1. The van der Waals surface area contributed by atoms with Crippen LogP contribution in [0.4, 0.5) is 11.4 Å². The average Bonchev–Trinajstić information content (AvgIpc) is 3.17. The summed E-state index contributed by atoms with van der Waals surface area (Å²) in [7, 11) is -2.11. The molecular formula is C24H29N5O5S. The molecule has 11 heteroatoms. The van der Waals surface area contributed by atoms with Crippen LogP contribution in [0.3, 0.4) is 0 Å². The Kier molecular flexibility index (Phi) is 7.08. The lowest BCUT2D eigenvalue weighted by Gasteiger charge is -2.25. The SMILES string of the molecule is CCOC(=O)C1=C(C)Nc2ccccc2N=C1NC(=O)c1cc(S(=O)(=O)N2CCCCC2)cn1C. The Bertz CT molecular complexity index is 1320. The molecule has 35 heavy (non-hydrogen) atoms. The molecule has 0 unspecified atom stereocenters. The molecule has 2 aliphatic heterocycles. The number of carbonyl (C=O) groups excluding carboxylic acids is 2. The number of aliphatic imine (C=N–C) groups is 1. The van der Waals surface area contributed by atoms with E-state index in [2.05, 4.69) is 15.6 Å². The van der Waals surface area contributed by atoms with E-state index >= 15 is 0 Å². The lowest BCUT2D eigenvalue weighted by Crippen LogP contribution is -2.36. The lowest BCUT2D eigenvalue weighted by atomic mass is 10.2. The Morgan fingerprint density at radius 2 is 1.89 bits per heavy atom. The maximum Gasteiger partial charge on any atom is 0.343 e. The van der Waals surface area contributed by atoms with E-state index in [1.54, 1.807) is 33.0 Å². The maximum atomic E-state index is 13.3. The number of nitrogens with one attached hydrogen (secondary N) is 2. The van der Waals surface area contributed by atoms with Crippen molar-refractivity contribution in [3.63, 3.8) is 0 Å². The number of piperidine rings is 1. The number of benzene rings is 1. The first-order valence-electron chi connectivity index (χ1n) is 11.5. The molecule has 4 rings (SSSR count). The number of fused-ring (bicyclic) bond motifs is 1. The Morgan fingerprint density at radius 3 is 2.60 bits per heavy atom. The molecule has 2 aliphatic rings. The number of hydrogen-bond donors (Lipinski definition) is 2. The fraction of sp³-hybridized carbons (Fsp3) is 0.375. The molecule has 186 valence electrons. The van der Waals surface area contributed by atoms with Gasteiger partial charge in [0.1, 0.15) is 22.0 Å². The maximum absolute atomic E-state index is 13.3. The molecule has 2 N–H and O–H groups in total. The van der Waals surface area contributed by atoms with Gasteiger partial charge in [0.25, 0.3) is 5.91 Å². The van der Waals surface area contributed by atoms with E-state index in [9.17, 15) is 18.0 Å². The second kappa shape index (κ2) is 10.0. The number of aromatic nitrogens is 1. The second-order valence-corrected chi connectivity index (χ2v) is 10.4. The normalized spacial score (nSPS) is 16.6. The Morgan fingerprint density at radius 1 is 1.17 bits per heavy atom. The van der Waals surface area contributed by atoms with Crippen molar-refractivity contribution in [1.29, 1.82) is 0 Å². The summed E-state index contributed by atoms with van der Waals surface area (Å²) in [5.74, 6) is -1.21. The number of carbonyl (C=O) groups is 2. The number of anilines is 1. The topological polar surface area (TPSA) is 122 Å². The molecule has 0 aliphatic carbocycles. The number of hydrogen-bond acceptors (Lipinski definition) is 7. The van der Waals surface area contributed by atoms with Gasteiger partial charge in [-0.25, -0.2) is 18.2 Å². The summed E-state index contributed by atoms with van der Waals surface area (Å²) >= 11 is 0. The molecule has 1 aromatic heterocycles. The van der Waals surface area contributed by atoms with Crippen molar-refractivity contribution < 1.29 is 22.7 Å². The van der Waals surface area contributed by atoms with Crippen molar-refractivity contribution >= 4 is 39.1 Å². The standard InChI is InChI=1S/C24H29N5O5S/c1-4-34-24(31)21-16(2)25-18-10-6-7-11-19(18)26-22(21)27-23(30)20-14-17(15-28(20)3)35(32,33)29-12-8-5-9-13-29/h6-7,10-11,14-15,25H,4-5,8-9,12-13H2,1-3H3,(H,26,27,30). The molecule has 1 aromatic carbocycles. The van der Waals surface area contributed by atoms with Gasteiger partial charge in [0.15, 0.2) is 0 Å². The van der Waals surface area contributed by atoms with E-state index in [4.69, 9.17) is 4.74 Å². The fourth-order valence-corrected chi connectivity index (χ4v) is 5.75. The molecule has 2 aromatic rings. The smallest absolute Gasteiger partial charge is 0.343 e. The third kappa shape index (κ3) is 5.01. The van der Waals surface area contributed by atoms with E-state index in [-0.39, 0.29) is 28.6 Å². The van der Waals surface area contributed by atoms with Gasteiger partial charge in [0.2, 0.25) is 10.0 Å².